The Labute approximate surface area is 165 Å². The lowest BCUT2D eigenvalue weighted by Crippen LogP contribution is -2.43. The molecular weight excluding hydrogens is 378 g/mol. The molecule has 3 heterocycles. The molecule has 3 aromatic rings. The van der Waals surface area contributed by atoms with E-state index >= 15 is 0 Å². The Morgan fingerprint density at radius 2 is 1.97 bits per heavy atom. The molecule has 3 N–H and O–H groups in total. The average molecular weight is 397 g/mol. The Bertz CT molecular complexity index is 1090. The van der Waals surface area contributed by atoms with E-state index in [1.54, 1.807) is 44.2 Å². The Morgan fingerprint density at radius 1 is 1.24 bits per heavy atom. The van der Waals surface area contributed by atoms with E-state index in [4.69, 9.17) is 15.2 Å². The van der Waals surface area contributed by atoms with Crippen LogP contribution in [0.1, 0.15) is 30.4 Å². The number of aromatic nitrogens is 4. The zero-order chi connectivity index (χ0) is 20.8. The number of rotatable bonds is 4. The highest BCUT2D eigenvalue weighted by atomic mass is 16.6. The molecule has 0 bridgehead atoms. The summed E-state index contributed by atoms with van der Waals surface area (Å²) in [7, 11) is 0. The van der Waals surface area contributed by atoms with Crippen LogP contribution in [-0.2, 0) is 14.3 Å². The van der Waals surface area contributed by atoms with Crippen molar-refractivity contribution < 1.29 is 24.2 Å². The van der Waals surface area contributed by atoms with E-state index in [0.29, 0.717) is 16.7 Å². The minimum absolute atomic E-state index is 0.178. The van der Waals surface area contributed by atoms with Gasteiger partial charge in [-0.25, -0.2) is 24.5 Å². The van der Waals surface area contributed by atoms with Crippen LogP contribution in [-0.4, -0.2) is 48.3 Å². The minimum atomic E-state index is -1.32. The van der Waals surface area contributed by atoms with E-state index in [1.165, 1.54) is 17.2 Å². The molecule has 150 valence electrons. The number of hydrogen-bond acceptors (Lipinski definition) is 8. The van der Waals surface area contributed by atoms with Gasteiger partial charge in [-0.05, 0) is 19.1 Å². The van der Waals surface area contributed by atoms with Crippen LogP contribution in [0.5, 0.6) is 0 Å². The molecule has 1 fully saturated rings. The first-order chi connectivity index (χ1) is 13.8. The van der Waals surface area contributed by atoms with Gasteiger partial charge in [-0.1, -0.05) is 25.1 Å². The average Bonchev–Trinajstić information content (AvgIpc) is 3.23. The molecule has 4 rings (SSSR count). The van der Waals surface area contributed by atoms with Crippen LogP contribution >= 0.6 is 0 Å². The number of imidazole rings is 1. The van der Waals surface area contributed by atoms with Gasteiger partial charge in [0.2, 0.25) is 0 Å². The first-order valence-electron chi connectivity index (χ1n) is 8.92. The molecule has 10 nitrogen and oxygen atoms in total. The molecule has 4 atom stereocenters. The van der Waals surface area contributed by atoms with Crippen molar-refractivity contribution >= 4 is 28.9 Å². The predicted molar refractivity (Wildman–Crippen MR) is 101 cm³/mol. The van der Waals surface area contributed by atoms with Gasteiger partial charge >= 0.3 is 11.9 Å². The Hall–Kier alpha value is -3.53. The summed E-state index contributed by atoms with van der Waals surface area (Å²) in [6.07, 6.45) is 0.526. The lowest BCUT2D eigenvalue weighted by molar-refractivity contribution is -0.153. The van der Waals surface area contributed by atoms with E-state index in [0.717, 1.165) is 0 Å². The third kappa shape index (κ3) is 2.97. The third-order valence-electron chi connectivity index (χ3n) is 5.33. The van der Waals surface area contributed by atoms with Gasteiger partial charge in [-0.3, -0.25) is 4.57 Å². The molecule has 0 aliphatic carbocycles. The number of fused-ring (bicyclic) bond motifs is 1. The summed E-state index contributed by atoms with van der Waals surface area (Å²) in [6.45, 7) is 3.31. The Kier molecular flexibility index (Phi) is 4.42. The number of nitrogens with zero attached hydrogens (tertiary/aromatic N) is 4. The van der Waals surface area contributed by atoms with Crippen molar-refractivity contribution in [2.45, 2.75) is 31.8 Å². The standard InChI is InChI=1S/C19H19N5O5/c1-10-13(16(25)26)28-18(24-9-23-12-14(20)21-8-22-15(12)24)19(10,2)29-17(27)11-6-4-3-5-7-11/h3-10,13,18H,1-2H3,(H,25,26)(H2,20,21,22)/t10-,13+,18-,19-/m1/s1. The second kappa shape index (κ2) is 6.82. The summed E-state index contributed by atoms with van der Waals surface area (Å²) in [5.41, 5.74) is 5.58. The van der Waals surface area contributed by atoms with Crippen molar-refractivity contribution in [1.82, 2.24) is 19.5 Å². The van der Waals surface area contributed by atoms with E-state index in [2.05, 4.69) is 15.0 Å². The first kappa shape index (κ1) is 18.8. The lowest BCUT2D eigenvalue weighted by Gasteiger charge is -2.33. The number of benzene rings is 1. The number of carboxylic acids is 1. The maximum absolute atomic E-state index is 12.8. The van der Waals surface area contributed by atoms with Crippen LogP contribution in [0.3, 0.4) is 0 Å². The summed E-state index contributed by atoms with van der Waals surface area (Å²) < 4.78 is 13.2. The number of aliphatic carboxylic acids is 1. The second-order valence-corrected chi connectivity index (χ2v) is 7.06. The van der Waals surface area contributed by atoms with Crippen molar-refractivity contribution in [2.75, 3.05) is 5.73 Å². The predicted octanol–water partition coefficient (Wildman–Crippen LogP) is 1.64. The SMILES string of the molecule is C[C@@H]1[C@@H](C(=O)O)O[C@@H](n2cnc3c(N)ncnc32)[C@]1(C)OC(=O)c1ccccc1. The fourth-order valence-corrected chi connectivity index (χ4v) is 3.55. The Morgan fingerprint density at radius 3 is 2.66 bits per heavy atom. The molecule has 1 aliphatic heterocycles. The summed E-state index contributed by atoms with van der Waals surface area (Å²) in [5, 5.41) is 9.60. The summed E-state index contributed by atoms with van der Waals surface area (Å²) in [5.74, 6) is -2.22. The molecular formula is C19H19N5O5. The van der Waals surface area contributed by atoms with E-state index in [-0.39, 0.29) is 5.82 Å². The Balaban J connectivity index is 1.78. The highest BCUT2D eigenvalue weighted by molar-refractivity contribution is 5.89. The van der Waals surface area contributed by atoms with Crippen LogP contribution in [0.25, 0.3) is 11.2 Å². The number of esters is 1. The number of nitrogens with two attached hydrogens (primary N) is 1. The van der Waals surface area contributed by atoms with Crippen molar-refractivity contribution in [3.8, 4) is 0 Å². The molecule has 0 amide bonds. The van der Waals surface area contributed by atoms with E-state index in [1.807, 2.05) is 0 Å². The topological polar surface area (TPSA) is 142 Å². The zero-order valence-electron chi connectivity index (χ0n) is 15.7. The maximum atomic E-state index is 12.8. The maximum Gasteiger partial charge on any atom is 0.338 e. The number of hydrogen-bond donors (Lipinski definition) is 2. The molecule has 0 unspecified atom stereocenters. The molecule has 0 spiro atoms. The smallest absolute Gasteiger partial charge is 0.338 e. The molecule has 1 saturated heterocycles. The molecule has 1 aromatic carbocycles. The van der Waals surface area contributed by atoms with Crippen molar-refractivity contribution in [1.29, 1.82) is 0 Å². The molecule has 0 saturated carbocycles. The highest BCUT2D eigenvalue weighted by Gasteiger charge is 2.58. The van der Waals surface area contributed by atoms with Gasteiger partial charge < -0.3 is 20.3 Å². The lowest BCUT2D eigenvalue weighted by atomic mass is 9.87. The minimum Gasteiger partial charge on any atom is -0.479 e. The summed E-state index contributed by atoms with van der Waals surface area (Å²) >= 11 is 0. The number of ether oxygens (including phenoxy) is 2. The van der Waals surface area contributed by atoms with Crippen LogP contribution in [0, 0.1) is 5.92 Å². The summed E-state index contributed by atoms with van der Waals surface area (Å²) in [4.78, 5) is 36.8. The molecule has 2 aromatic heterocycles. The number of anilines is 1. The number of carboxylic acid groups (broad SMARTS) is 1. The fourth-order valence-electron chi connectivity index (χ4n) is 3.55. The third-order valence-corrected chi connectivity index (χ3v) is 5.33. The van der Waals surface area contributed by atoms with E-state index < -0.39 is 35.8 Å². The van der Waals surface area contributed by atoms with Gasteiger partial charge in [0.1, 0.15) is 11.8 Å². The van der Waals surface area contributed by atoms with Crippen LogP contribution < -0.4 is 5.73 Å². The van der Waals surface area contributed by atoms with Crippen LogP contribution in [0.15, 0.2) is 43.0 Å². The quantitative estimate of drug-likeness (QED) is 0.628. The van der Waals surface area contributed by atoms with Gasteiger partial charge in [-0.2, -0.15) is 0 Å². The normalized spacial score (nSPS) is 26.5. The zero-order valence-corrected chi connectivity index (χ0v) is 15.7. The van der Waals surface area contributed by atoms with Gasteiger partial charge in [0.25, 0.3) is 0 Å². The molecule has 29 heavy (non-hydrogen) atoms. The van der Waals surface area contributed by atoms with Crippen LogP contribution in [0.2, 0.25) is 0 Å². The second-order valence-electron chi connectivity index (χ2n) is 7.06. The highest BCUT2D eigenvalue weighted by Crippen LogP contribution is 2.46. The van der Waals surface area contributed by atoms with Gasteiger partial charge in [-0.15, -0.1) is 0 Å². The van der Waals surface area contributed by atoms with Gasteiger partial charge in [0.15, 0.2) is 29.4 Å². The van der Waals surface area contributed by atoms with E-state index in [9.17, 15) is 14.7 Å². The first-order valence-corrected chi connectivity index (χ1v) is 8.92. The van der Waals surface area contributed by atoms with Gasteiger partial charge in [0.05, 0.1) is 11.9 Å². The summed E-state index contributed by atoms with van der Waals surface area (Å²) in [6, 6.07) is 8.46. The molecule has 0 radical (unpaired) electrons. The molecule has 10 heteroatoms. The van der Waals surface area contributed by atoms with Gasteiger partial charge in [0, 0.05) is 5.92 Å². The van der Waals surface area contributed by atoms with Crippen LogP contribution in [0.4, 0.5) is 5.82 Å². The fraction of sp³-hybridized carbons (Fsp3) is 0.316. The van der Waals surface area contributed by atoms with Crippen molar-refractivity contribution in [3.05, 3.63) is 48.5 Å². The van der Waals surface area contributed by atoms with Crippen molar-refractivity contribution in [3.63, 3.8) is 0 Å². The largest absolute Gasteiger partial charge is 0.479 e. The van der Waals surface area contributed by atoms with Crippen molar-refractivity contribution in [2.24, 2.45) is 5.92 Å². The number of carbonyl (C=O) groups is 2. The monoisotopic (exact) mass is 397 g/mol. The molecule has 1 aliphatic rings. The number of nitrogen functional groups attached to an aromatic ring is 1. The number of carbonyl (C=O) groups excluding carboxylic acids is 1.